The summed E-state index contributed by atoms with van der Waals surface area (Å²) >= 11 is 1.44. The van der Waals surface area contributed by atoms with Gasteiger partial charge in [0.05, 0.1) is 0 Å². The molecule has 20 heavy (non-hydrogen) atoms. The maximum absolute atomic E-state index is 5.87. The first-order chi connectivity index (χ1) is 9.83. The van der Waals surface area contributed by atoms with Crippen molar-refractivity contribution >= 4 is 11.3 Å². The molecule has 3 rings (SSSR count). The van der Waals surface area contributed by atoms with Crippen LogP contribution in [-0.4, -0.2) is 34.3 Å². The lowest BCUT2D eigenvalue weighted by atomic mass is 10.2. The molecule has 5 nitrogen and oxygen atoms in total. The standard InChI is InChI=1S/C14H18N4OS/c15-8-13-16-17-14(20-13)19-12-6-7-18(10-12)9-11-4-2-1-3-5-11/h1-5,12H,6-10,15H2. The van der Waals surface area contributed by atoms with Gasteiger partial charge in [0.1, 0.15) is 11.1 Å². The molecule has 1 fully saturated rings. The van der Waals surface area contributed by atoms with E-state index in [1.54, 1.807) is 0 Å². The lowest BCUT2D eigenvalue weighted by Crippen LogP contribution is -2.24. The van der Waals surface area contributed by atoms with Gasteiger partial charge in [-0.2, -0.15) is 0 Å². The van der Waals surface area contributed by atoms with E-state index in [1.165, 1.54) is 16.9 Å². The Morgan fingerprint density at radius 2 is 2.15 bits per heavy atom. The first-order valence-corrected chi connectivity index (χ1v) is 7.60. The minimum absolute atomic E-state index is 0.206. The van der Waals surface area contributed by atoms with Crippen LogP contribution in [0.5, 0.6) is 5.19 Å². The van der Waals surface area contributed by atoms with E-state index in [2.05, 4.69) is 39.4 Å². The number of rotatable bonds is 5. The van der Waals surface area contributed by atoms with Crippen LogP contribution in [-0.2, 0) is 13.1 Å². The van der Waals surface area contributed by atoms with E-state index in [0.29, 0.717) is 11.7 Å². The summed E-state index contributed by atoms with van der Waals surface area (Å²) in [6.45, 7) is 3.39. The van der Waals surface area contributed by atoms with Crippen LogP contribution in [0.25, 0.3) is 0 Å². The van der Waals surface area contributed by atoms with Crippen LogP contribution < -0.4 is 10.5 Å². The van der Waals surface area contributed by atoms with Crippen molar-refractivity contribution in [1.29, 1.82) is 0 Å². The van der Waals surface area contributed by atoms with Crippen LogP contribution >= 0.6 is 11.3 Å². The van der Waals surface area contributed by atoms with Crippen molar-refractivity contribution in [2.24, 2.45) is 5.73 Å². The van der Waals surface area contributed by atoms with Gasteiger partial charge in [-0.05, 0) is 12.0 Å². The van der Waals surface area contributed by atoms with E-state index in [-0.39, 0.29) is 6.10 Å². The van der Waals surface area contributed by atoms with Crippen LogP contribution in [0, 0.1) is 0 Å². The number of likely N-dealkylation sites (tertiary alicyclic amines) is 1. The second kappa shape index (κ2) is 6.30. The largest absolute Gasteiger partial charge is 0.464 e. The third kappa shape index (κ3) is 3.33. The molecule has 0 bridgehead atoms. The molecule has 1 aromatic carbocycles. The zero-order chi connectivity index (χ0) is 13.8. The Kier molecular flexibility index (Phi) is 4.25. The molecule has 2 N–H and O–H groups in total. The molecule has 0 aliphatic carbocycles. The van der Waals surface area contributed by atoms with Gasteiger partial charge in [-0.15, -0.1) is 5.10 Å². The Morgan fingerprint density at radius 3 is 2.90 bits per heavy atom. The molecule has 0 amide bonds. The lowest BCUT2D eigenvalue weighted by Gasteiger charge is -2.15. The maximum Gasteiger partial charge on any atom is 0.294 e. The molecule has 1 aliphatic rings. The van der Waals surface area contributed by atoms with Crippen molar-refractivity contribution in [3.8, 4) is 5.19 Å². The summed E-state index contributed by atoms with van der Waals surface area (Å²) in [5.41, 5.74) is 6.87. The summed E-state index contributed by atoms with van der Waals surface area (Å²) in [6.07, 6.45) is 1.24. The molecule has 1 unspecified atom stereocenters. The summed E-state index contributed by atoms with van der Waals surface area (Å²) in [5.74, 6) is 0. The van der Waals surface area contributed by atoms with Gasteiger partial charge < -0.3 is 10.5 Å². The van der Waals surface area contributed by atoms with Crippen molar-refractivity contribution < 1.29 is 4.74 Å². The first-order valence-electron chi connectivity index (χ1n) is 6.79. The van der Waals surface area contributed by atoms with Gasteiger partial charge in [0.25, 0.3) is 5.19 Å². The first kappa shape index (κ1) is 13.5. The summed E-state index contributed by atoms with van der Waals surface area (Å²) in [7, 11) is 0. The SMILES string of the molecule is NCc1nnc(OC2CCN(Cc3ccccc3)C2)s1. The normalized spacial score (nSPS) is 19.4. The Labute approximate surface area is 122 Å². The molecular formula is C14H18N4OS. The van der Waals surface area contributed by atoms with Crippen LogP contribution in [0.3, 0.4) is 0 Å². The minimum atomic E-state index is 0.206. The average Bonchev–Trinajstić information content (AvgIpc) is 3.10. The smallest absolute Gasteiger partial charge is 0.294 e. The topological polar surface area (TPSA) is 64.3 Å². The highest BCUT2D eigenvalue weighted by atomic mass is 32.1. The van der Waals surface area contributed by atoms with Gasteiger partial charge >= 0.3 is 0 Å². The Hall–Kier alpha value is -1.50. The minimum Gasteiger partial charge on any atom is -0.464 e. The number of hydrogen-bond donors (Lipinski definition) is 1. The number of benzene rings is 1. The van der Waals surface area contributed by atoms with Crippen LogP contribution in [0.4, 0.5) is 0 Å². The second-order valence-corrected chi connectivity index (χ2v) is 5.94. The van der Waals surface area contributed by atoms with Crippen molar-refractivity contribution in [1.82, 2.24) is 15.1 Å². The maximum atomic E-state index is 5.87. The third-order valence-electron chi connectivity index (χ3n) is 3.37. The number of nitrogens with two attached hydrogens (primary N) is 1. The Morgan fingerprint density at radius 1 is 1.30 bits per heavy atom. The number of nitrogens with zero attached hydrogens (tertiary/aromatic N) is 3. The van der Waals surface area contributed by atoms with Crippen LogP contribution in [0.1, 0.15) is 17.0 Å². The van der Waals surface area contributed by atoms with E-state index < -0.39 is 0 Å². The molecule has 1 aliphatic heterocycles. The van der Waals surface area contributed by atoms with Gasteiger partial charge in [-0.3, -0.25) is 4.90 Å². The average molecular weight is 290 g/mol. The van der Waals surface area contributed by atoms with Crippen LogP contribution in [0.2, 0.25) is 0 Å². The van der Waals surface area contributed by atoms with E-state index in [9.17, 15) is 0 Å². The molecule has 1 atom stereocenters. The van der Waals surface area contributed by atoms with Crippen molar-refractivity contribution in [3.05, 3.63) is 40.9 Å². The number of hydrogen-bond acceptors (Lipinski definition) is 6. The van der Waals surface area contributed by atoms with E-state index in [4.69, 9.17) is 10.5 Å². The van der Waals surface area contributed by atoms with E-state index >= 15 is 0 Å². The fourth-order valence-electron chi connectivity index (χ4n) is 2.39. The molecule has 1 aromatic heterocycles. The van der Waals surface area contributed by atoms with Gasteiger partial charge in [-0.1, -0.05) is 46.8 Å². The molecule has 0 spiro atoms. The second-order valence-electron chi connectivity index (χ2n) is 4.92. The molecule has 0 radical (unpaired) electrons. The van der Waals surface area contributed by atoms with Crippen molar-refractivity contribution in [2.75, 3.05) is 13.1 Å². The highest BCUT2D eigenvalue weighted by Crippen LogP contribution is 2.22. The zero-order valence-electron chi connectivity index (χ0n) is 11.2. The molecule has 2 aromatic rings. The van der Waals surface area contributed by atoms with Crippen molar-refractivity contribution in [3.63, 3.8) is 0 Å². The lowest BCUT2D eigenvalue weighted by molar-refractivity contribution is 0.196. The highest BCUT2D eigenvalue weighted by Gasteiger charge is 2.24. The summed E-state index contributed by atoms with van der Waals surface area (Å²) < 4.78 is 5.87. The molecule has 0 saturated carbocycles. The molecular weight excluding hydrogens is 272 g/mol. The van der Waals surface area contributed by atoms with Crippen LogP contribution in [0.15, 0.2) is 30.3 Å². The van der Waals surface area contributed by atoms with Gasteiger partial charge in [0.15, 0.2) is 0 Å². The fourth-order valence-corrected chi connectivity index (χ4v) is 3.02. The van der Waals surface area contributed by atoms with Crippen molar-refractivity contribution in [2.45, 2.75) is 25.6 Å². The summed E-state index contributed by atoms with van der Waals surface area (Å²) in [4.78, 5) is 2.41. The molecule has 2 heterocycles. The Bertz CT molecular complexity index is 545. The zero-order valence-corrected chi connectivity index (χ0v) is 12.1. The molecule has 106 valence electrons. The summed E-state index contributed by atoms with van der Waals surface area (Å²) in [6, 6.07) is 10.5. The number of ether oxygens (including phenoxy) is 1. The molecule has 6 heteroatoms. The number of aromatic nitrogens is 2. The monoisotopic (exact) mass is 290 g/mol. The third-order valence-corrected chi connectivity index (χ3v) is 4.20. The predicted molar refractivity (Wildman–Crippen MR) is 78.6 cm³/mol. The van der Waals surface area contributed by atoms with Gasteiger partial charge in [-0.25, -0.2) is 0 Å². The van der Waals surface area contributed by atoms with Gasteiger partial charge in [0.2, 0.25) is 0 Å². The van der Waals surface area contributed by atoms with Gasteiger partial charge in [0, 0.05) is 26.2 Å². The molecule has 1 saturated heterocycles. The summed E-state index contributed by atoms with van der Waals surface area (Å²) in [5, 5.41) is 9.43. The quantitative estimate of drug-likeness (QED) is 0.907. The van der Waals surface area contributed by atoms with E-state index in [1.807, 2.05) is 6.07 Å². The fraction of sp³-hybridized carbons (Fsp3) is 0.429. The Balaban J connectivity index is 1.52. The van der Waals surface area contributed by atoms with E-state index in [0.717, 1.165) is 31.1 Å². The predicted octanol–water partition coefficient (Wildman–Crippen LogP) is 1.65. The highest BCUT2D eigenvalue weighted by molar-refractivity contribution is 7.13.